The number of Topliss-reactive ketones (excluding diaryl/α,β-unsaturated/α-hetero) is 1. The van der Waals surface area contributed by atoms with Crippen molar-refractivity contribution in [3.63, 3.8) is 0 Å². The van der Waals surface area contributed by atoms with Gasteiger partial charge in [0.25, 0.3) is 0 Å². The monoisotopic (exact) mass is 217 g/mol. The van der Waals surface area contributed by atoms with E-state index in [1.807, 2.05) is 0 Å². The predicted molar refractivity (Wildman–Crippen MR) is 55.4 cm³/mol. The van der Waals surface area contributed by atoms with Crippen LogP contribution in [0.5, 0.6) is 0 Å². The van der Waals surface area contributed by atoms with E-state index in [9.17, 15) is 9.59 Å². The zero-order valence-electron chi connectivity index (χ0n) is 8.16. The Hall–Kier alpha value is -0.550. The molecule has 0 aromatic rings. The van der Waals surface area contributed by atoms with E-state index in [0.717, 1.165) is 19.4 Å². The lowest BCUT2D eigenvalue weighted by atomic mass is 10.2. The van der Waals surface area contributed by atoms with E-state index in [1.165, 1.54) is 0 Å². The maximum absolute atomic E-state index is 11.4. The van der Waals surface area contributed by atoms with E-state index in [-0.39, 0.29) is 23.5 Å². The molecule has 0 spiro atoms. The summed E-state index contributed by atoms with van der Waals surface area (Å²) < 4.78 is 4.99. The third kappa shape index (κ3) is 2.99. The molecule has 0 aromatic heterocycles. The number of thiol groups is 1. The molecule has 2 atom stereocenters. The Bertz CT molecular complexity index is 226. The number of esters is 1. The van der Waals surface area contributed by atoms with Gasteiger partial charge in [0.15, 0.2) is 11.9 Å². The minimum Gasteiger partial charge on any atom is -0.453 e. The molecule has 0 amide bonds. The number of carbonyl (C=O) groups excluding carboxylic acids is 2. The normalized spacial score (nSPS) is 23.1. The van der Waals surface area contributed by atoms with Crippen molar-refractivity contribution in [1.29, 1.82) is 0 Å². The summed E-state index contributed by atoms with van der Waals surface area (Å²) in [4.78, 5) is 22.5. The van der Waals surface area contributed by atoms with Crippen molar-refractivity contribution in [1.82, 2.24) is 5.32 Å². The highest BCUT2D eigenvalue weighted by Crippen LogP contribution is 2.08. The van der Waals surface area contributed by atoms with Gasteiger partial charge < -0.3 is 10.1 Å². The zero-order valence-corrected chi connectivity index (χ0v) is 9.05. The van der Waals surface area contributed by atoms with Crippen molar-refractivity contribution < 1.29 is 14.3 Å². The van der Waals surface area contributed by atoms with E-state index in [4.69, 9.17) is 4.74 Å². The first-order valence-corrected chi connectivity index (χ1v) is 5.36. The largest absolute Gasteiger partial charge is 0.453 e. The molecule has 1 fully saturated rings. The summed E-state index contributed by atoms with van der Waals surface area (Å²) >= 11 is 3.83. The molecule has 1 rings (SSSR count). The fourth-order valence-electron chi connectivity index (χ4n) is 1.34. The van der Waals surface area contributed by atoms with Crippen molar-refractivity contribution in [2.24, 2.45) is 0 Å². The highest BCUT2D eigenvalue weighted by molar-refractivity contribution is 7.81. The SMILES string of the molecule is CC(OC(=O)[C@@H]1CCCN1)C(=O)CS. The molecule has 5 heteroatoms. The van der Waals surface area contributed by atoms with Gasteiger partial charge >= 0.3 is 5.97 Å². The Morgan fingerprint density at radius 1 is 1.64 bits per heavy atom. The molecule has 1 saturated heterocycles. The van der Waals surface area contributed by atoms with Crippen LogP contribution in [-0.4, -0.2) is 36.2 Å². The second-order valence-electron chi connectivity index (χ2n) is 3.35. The molecule has 1 aliphatic rings. The summed E-state index contributed by atoms with van der Waals surface area (Å²) in [5.74, 6) is -0.392. The third-order valence-corrected chi connectivity index (χ3v) is 2.56. The zero-order chi connectivity index (χ0) is 10.6. The molecule has 80 valence electrons. The van der Waals surface area contributed by atoms with E-state index < -0.39 is 6.10 Å². The van der Waals surface area contributed by atoms with Crippen LogP contribution in [0.4, 0.5) is 0 Å². The van der Waals surface area contributed by atoms with Crippen molar-refractivity contribution in [2.45, 2.75) is 31.9 Å². The number of ketones is 1. The van der Waals surface area contributed by atoms with Crippen molar-refractivity contribution in [3.05, 3.63) is 0 Å². The molecule has 0 aromatic carbocycles. The molecular weight excluding hydrogens is 202 g/mol. The van der Waals surface area contributed by atoms with Gasteiger partial charge in [-0.3, -0.25) is 9.59 Å². The molecule has 0 aliphatic carbocycles. The first-order valence-electron chi connectivity index (χ1n) is 4.72. The summed E-state index contributed by atoms with van der Waals surface area (Å²) in [6.45, 7) is 2.42. The maximum atomic E-state index is 11.4. The molecular formula is C9H15NO3S. The van der Waals surface area contributed by atoms with Crippen LogP contribution in [0.1, 0.15) is 19.8 Å². The standard InChI is InChI=1S/C9H15NO3S/c1-6(8(11)5-14)13-9(12)7-3-2-4-10-7/h6-7,10,14H,2-5H2,1H3/t6?,7-/m0/s1. The molecule has 0 saturated carbocycles. The van der Waals surface area contributed by atoms with Crippen LogP contribution in [0.3, 0.4) is 0 Å². The second-order valence-corrected chi connectivity index (χ2v) is 3.67. The molecule has 4 nitrogen and oxygen atoms in total. The molecule has 1 unspecified atom stereocenters. The molecule has 1 aliphatic heterocycles. The van der Waals surface area contributed by atoms with Gasteiger partial charge in [0.2, 0.25) is 0 Å². The van der Waals surface area contributed by atoms with Crippen molar-refractivity contribution in [3.8, 4) is 0 Å². The highest BCUT2D eigenvalue weighted by Gasteiger charge is 2.26. The van der Waals surface area contributed by atoms with E-state index in [1.54, 1.807) is 6.92 Å². The van der Waals surface area contributed by atoms with Crippen LogP contribution in [-0.2, 0) is 14.3 Å². The summed E-state index contributed by atoms with van der Waals surface area (Å²) in [6.07, 6.45) is 1.09. The first kappa shape index (κ1) is 11.5. The lowest BCUT2D eigenvalue weighted by Crippen LogP contribution is -2.36. The molecule has 1 heterocycles. The number of carbonyl (C=O) groups is 2. The van der Waals surface area contributed by atoms with Crippen molar-refractivity contribution >= 4 is 24.4 Å². The Balaban J connectivity index is 2.35. The van der Waals surface area contributed by atoms with Gasteiger partial charge in [-0.1, -0.05) is 0 Å². The van der Waals surface area contributed by atoms with Crippen LogP contribution in [0.15, 0.2) is 0 Å². The fraction of sp³-hybridized carbons (Fsp3) is 0.778. The van der Waals surface area contributed by atoms with Gasteiger partial charge in [0.05, 0.1) is 5.75 Å². The Morgan fingerprint density at radius 2 is 2.36 bits per heavy atom. The minimum absolute atomic E-state index is 0.104. The van der Waals surface area contributed by atoms with Crippen molar-refractivity contribution in [2.75, 3.05) is 12.3 Å². The van der Waals surface area contributed by atoms with Gasteiger partial charge in [0.1, 0.15) is 6.04 Å². The highest BCUT2D eigenvalue weighted by atomic mass is 32.1. The topological polar surface area (TPSA) is 55.4 Å². The van der Waals surface area contributed by atoms with Gasteiger partial charge in [0, 0.05) is 0 Å². The Labute approximate surface area is 88.8 Å². The van der Waals surface area contributed by atoms with Gasteiger partial charge in [-0.05, 0) is 26.3 Å². The quantitative estimate of drug-likeness (QED) is 0.520. The first-order chi connectivity index (χ1) is 6.65. The van der Waals surface area contributed by atoms with Gasteiger partial charge in [-0.2, -0.15) is 12.6 Å². The van der Waals surface area contributed by atoms with Crippen LogP contribution in [0, 0.1) is 0 Å². The molecule has 0 radical (unpaired) electrons. The summed E-state index contributed by atoms with van der Waals surface area (Å²) in [5, 5.41) is 3.01. The average molecular weight is 217 g/mol. The van der Waals surface area contributed by atoms with E-state index in [0.29, 0.717) is 0 Å². The molecule has 14 heavy (non-hydrogen) atoms. The number of hydrogen-bond donors (Lipinski definition) is 2. The van der Waals surface area contributed by atoms with Gasteiger partial charge in [-0.15, -0.1) is 0 Å². The lowest BCUT2D eigenvalue weighted by Gasteiger charge is -2.14. The Kier molecular flexibility index (Phi) is 4.41. The number of rotatable bonds is 4. The third-order valence-electron chi connectivity index (χ3n) is 2.25. The molecule has 0 bridgehead atoms. The number of hydrogen-bond acceptors (Lipinski definition) is 5. The van der Waals surface area contributed by atoms with E-state index in [2.05, 4.69) is 17.9 Å². The predicted octanol–water partition coefficient (Wildman–Crippen LogP) is 0.169. The van der Waals surface area contributed by atoms with Gasteiger partial charge in [-0.25, -0.2) is 0 Å². The second kappa shape index (κ2) is 5.36. The maximum Gasteiger partial charge on any atom is 0.323 e. The summed E-state index contributed by atoms with van der Waals surface area (Å²) in [6, 6.07) is -0.231. The van der Waals surface area contributed by atoms with E-state index >= 15 is 0 Å². The molecule has 1 N–H and O–H groups in total. The smallest absolute Gasteiger partial charge is 0.323 e. The fourth-order valence-corrected chi connectivity index (χ4v) is 1.59. The van der Waals surface area contributed by atoms with Crippen LogP contribution < -0.4 is 5.32 Å². The van der Waals surface area contributed by atoms with Crippen LogP contribution in [0.25, 0.3) is 0 Å². The number of nitrogens with one attached hydrogen (secondary N) is 1. The lowest BCUT2D eigenvalue weighted by molar-refractivity contribution is -0.155. The summed E-state index contributed by atoms with van der Waals surface area (Å²) in [5.41, 5.74) is 0. The minimum atomic E-state index is -0.678. The number of ether oxygens (including phenoxy) is 1. The summed E-state index contributed by atoms with van der Waals surface area (Å²) in [7, 11) is 0. The van der Waals surface area contributed by atoms with Crippen LogP contribution >= 0.6 is 12.6 Å². The van der Waals surface area contributed by atoms with Crippen LogP contribution in [0.2, 0.25) is 0 Å². The Morgan fingerprint density at radius 3 is 2.86 bits per heavy atom. The average Bonchev–Trinajstić information content (AvgIpc) is 2.69.